The molecule has 0 heterocycles. The summed E-state index contributed by atoms with van der Waals surface area (Å²) in [5.41, 5.74) is -0.0303. The average molecular weight is 170 g/mol. The summed E-state index contributed by atoms with van der Waals surface area (Å²) in [6.45, 7) is 9.13. The molecular weight excluding hydrogens is 152 g/mol. The number of nitrogens with zero attached hydrogens (tertiary/aromatic N) is 1. The van der Waals surface area contributed by atoms with E-state index in [1.807, 2.05) is 27.7 Å². The molecular formula is C9H18N2O. The predicted octanol–water partition coefficient (Wildman–Crippen LogP) is 1.30. The molecule has 0 saturated heterocycles. The Bertz CT molecular complexity index is 155. The van der Waals surface area contributed by atoms with Crippen LogP contribution in [-0.4, -0.2) is 24.8 Å². The highest BCUT2D eigenvalue weighted by molar-refractivity contribution is 4.93. The molecule has 0 rings (SSSR count). The van der Waals surface area contributed by atoms with Crippen molar-refractivity contribution in [1.29, 1.82) is 5.26 Å². The number of hydrogen-bond donors (Lipinski definition) is 1. The van der Waals surface area contributed by atoms with Crippen LogP contribution in [0.3, 0.4) is 0 Å². The van der Waals surface area contributed by atoms with E-state index in [2.05, 4.69) is 11.4 Å². The molecule has 70 valence electrons. The zero-order valence-electron chi connectivity index (χ0n) is 8.35. The lowest BCUT2D eigenvalue weighted by Gasteiger charge is -2.24. The minimum atomic E-state index is -0.204. The summed E-state index contributed by atoms with van der Waals surface area (Å²) in [7, 11) is 0. The Hall–Kier alpha value is -0.590. The van der Waals surface area contributed by atoms with Gasteiger partial charge in [-0.1, -0.05) is 0 Å². The summed E-state index contributed by atoms with van der Waals surface area (Å²) in [5, 5.41) is 11.9. The summed E-state index contributed by atoms with van der Waals surface area (Å²) in [6, 6.07) is 1.95. The minimum absolute atomic E-state index is 0.0303. The van der Waals surface area contributed by atoms with Crippen LogP contribution >= 0.6 is 0 Å². The molecule has 3 nitrogen and oxygen atoms in total. The Morgan fingerprint density at radius 2 is 2.08 bits per heavy atom. The first-order valence-electron chi connectivity index (χ1n) is 4.24. The van der Waals surface area contributed by atoms with E-state index < -0.39 is 0 Å². The first-order chi connectivity index (χ1) is 5.49. The Morgan fingerprint density at radius 1 is 1.50 bits per heavy atom. The number of hydrogen-bond acceptors (Lipinski definition) is 3. The van der Waals surface area contributed by atoms with Gasteiger partial charge < -0.3 is 4.74 Å². The number of ether oxygens (including phenoxy) is 1. The lowest BCUT2D eigenvalue weighted by atomic mass is 10.1. The van der Waals surface area contributed by atoms with Gasteiger partial charge in [-0.05, 0) is 27.7 Å². The molecule has 0 bridgehead atoms. The maximum atomic E-state index is 8.72. The van der Waals surface area contributed by atoms with Crippen molar-refractivity contribution < 1.29 is 4.74 Å². The van der Waals surface area contributed by atoms with Crippen LogP contribution in [0, 0.1) is 11.3 Å². The van der Waals surface area contributed by atoms with E-state index in [-0.39, 0.29) is 11.6 Å². The fraction of sp³-hybridized carbons (Fsp3) is 0.889. The first kappa shape index (κ1) is 11.4. The summed E-state index contributed by atoms with van der Waals surface area (Å²) in [6.07, 6.45) is 0. The van der Waals surface area contributed by atoms with Gasteiger partial charge in [0, 0.05) is 12.1 Å². The van der Waals surface area contributed by atoms with Gasteiger partial charge in [0.2, 0.25) is 0 Å². The summed E-state index contributed by atoms with van der Waals surface area (Å²) < 4.78 is 5.15. The second kappa shape index (κ2) is 5.13. The van der Waals surface area contributed by atoms with Gasteiger partial charge >= 0.3 is 0 Å². The molecule has 3 heteroatoms. The lowest BCUT2D eigenvalue weighted by molar-refractivity contribution is 0.128. The quantitative estimate of drug-likeness (QED) is 0.691. The van der Waals surface area contributed by atoms with Crippen molar-refractivity contribution in [3.8, 4) is 6.07 Å². The van der Waals surface area contributed by atoms with Crippen LogP contribution in [0.4, 0.5) is 0 Å². The maximum Gasteiger partial charge on any atom is 0.119 e. The fourth-order valence-electron chi connectivity index (χ4n) is 0.870. The molecule has 0 radical (unpaired) electrons. The van der Waals surface area contributed by atoms with Gasteiger partial charge in [-0.3, -0.25) is 5.32 Å². The molecule has 0 fully saturated rings. The molecule has 0 aliphatic rings. The maximum absolute atomic E-state index is 8.72. The monoisotopic (exact) mass is 170 g/mol. The smallest absolute Gasteiger partial charge is 0.119 e. The van der Waals surface area contributed by atoms with Crippen molar-refractivity contribution in [3.63, 3.8) is 0 Å². The molecule has 1 unspecified atom stereocenters. The van der Waals surface area contributed by atoms with E-state index in [9.17, 15) is 0 Å². The molecule has 0 spiro atoms. The summed E-state index contributed by atoms with van der Waals surface area (Å²) >= 11 is 0. The van der Waals surface area contributed by atoms with Gasteiger partial charge in [-0.25, -0.2) is 0 Å². The molecule has 1 N–H and O–H groups in total. The Balaban J connectivity index is 3.78. The van der Waals surface area contributed by atoms with Crippen molar-refractivity contribution in [1.82, 2.24) is 5.32 Å². The van der Waals surface area contributed by atoms with Crippen molar-refractivity contribution >= 4 is 0 Å². The third-order valence-electron chi connectivity index (χ3n) is 1.25. The first-order valence-corrected chi connectivity index (χ1v) is 4.24. The number of rotatable bonds is 4. The predicted molar refractivity (Wildman–Crippen MR) is 48.8 cm³/mol. The standard InChI is InChI=1S/C9H18N2O/c1-5-12-7-8(6-10)11-9(2,3)4/h8,11H,5,7H2,1-4H3. The molecule has 0 aliphatic carbocycles. The molecule has 0 aromatic carbocycles. The second-order valence-electron chi connectivity index (χ2n) is 3.74. The van der Waals surface area contributed by atoms with E-state index >= 15 is 0 Å². The Labute approximate surface area is 74.7 Å². The fourth-order valence-corrected chi connectivity index (χ4v) is 0.870. The van der Waals surface area contributed by atoms with Crippen LogP contribution in [0.2, 0.25) is 0 Å². The van der Waals surface area contributed by atoms with Gasteiger partial charge in [-0.2, -0.15) is 5.26 Å². The normalized spacial score (nSPS) is 13.9. The molecule has 0 aromatic rings. The summed E-state index contributed by atoms with van der Waals surface area (Å²) in [4.78, 5) is 0. The van der Waals surface area contributed by atoms with Crippen molar-refractivity contribution in [3.05, 3.63) is 0 Å². The van der Waals surface area contributed by atoms with Crippen molar-refractivity contribution in [2.45, 2.75) is 39.3 Å². The number of nitriles is 1. The third kappa shape index (κ3) is 6.14. The van der Waals surface area contributed by atoms with Crippen LogP contribution in [0.5, 0.6) is 0 Å². The van der Waals surface area contributed by atoms with Crippen LogP contribution in [0.1, 0.15) is 27.7 Å². The zero-order valence-corrected chi connectivity index (χ0v) is 8.35. The van der Waals surface area contributed by atoms with Crippen LogP contribution in [0.25, 0.3) is 0 Å². The van der Waals surface area contributed by atoms with Gasteiger partial charge in [-0.15, -0.1) is 0 Å². The Morgan fingerprint density at radius 3 is 2.42 bits per heavy atom. The van der Waals surface area contributed by atoms with Crippen LogP contribution < -0.4 is 5.32 Å². The van der Waals surface area contributed by atoms with Gasteiger partial charge in [0.05, 0.1) is 12.7 Å². The molecule has 0 saturated carbocycles. The molecule has 12 heavy (non-hydrogen) atoms. The molecule has 0 amide bonds. The summed E-state index contributed by atoms with van der Waals surface area (Å²) in [5.74, 6) is 0. The highest BCUT2D eigenvalue weighted by atomic mass is 16.5. The van der Waals surface area contributed by atoms with E-state index in [1.54, 1.807) is 0 Å². The Kier molecular flexibility index (Phi) is 4.87. The van der Waals surface area contributed by atoms with E-state index in [4.69, 9.17) is 10.00 Å². The average Bonchev–Trinajstić information content (AvgIpc) is 1.95. The third-order valence-corrected chi connectivity index (χ3v) is 1.25. The largest absolute Gasteiger partial charge is 0.379 e. The van der Waals surface area contributed by atoms with Crippen molar-refractivity contribution in [2.75, 3.05) is 13.2 Å². The van der Waals surface area contributed by atoms with E-state index in [1.165, 1.54) is 0 Å². The highest BCUT2D eigenvalue weighted by Gasteiger charge is 2.16. The highest BCUT2D eigenvalue weighted by Crippen LogP contribution is 2.00. The molecule has 1 atom stereocenters. The van der Waals surface area contributed by atoms with Gasteiger partial charge in [0.1, 0.15) is 6.04 Å². The molecule has 0 aromatic heterocycles. The van der Waals surface area contributed by atoms with E-state index in [0.29, 0.717) is 13.2 Å². The second-order valence-corrected chi connectivity index (χ2v) is 3.74. The minimum Gasteiger partial charge on any atom is -0.379 e. The van der Waals surface area contributed by atoms with E-state index in [0.717, 1.165) is 0 Å². The van der Waals surface area contributed by atoms with Gasteiger partial charge in [0.25, 0.3) is 0 Å². The SMILES string of the molecule is CCOCC(C#N)NC(C)(C)C. The topological polar surface area (TPSA) is 45.0 Å². The van der Waals surface area contributed by atoms with Crippen molar-refractivity contribution in [2.24, 2.45) is 0 Å². The molecule has 0 aliphatic heterocycles. The zero-order chi connectivity index (χ0) is 9.61. The lowest BCUT2D eigenvalue weighted by Crippen LogP contribution is -2.45. The van der Waals surface area contributed by atoms with Crippen LogP contribution in [-0.2, 0) is 4.74 Å². The van der Waals surface area contributed by atoms with Gasteiger partial charge in [0.15, 0.2) is 0 Å². The number of nitrogens with one attached hydrogen (secondary N) is 1. The van der Waals surface area contributed by atoms with Crippen LogP contribution in [0.15, 0.2) is 0 Å².